The smallest absolute Gasteiger partial charge is 0.333 e. The molecule has 1 atom stereocenters. The molecular weight excluding hydrogens is 488 g/mol. The molecule has 1 aliphatic heterocycles. The molecule has 196 valence electrons. The Kier molecular flexibility index (Phi) is 6.69. The van der Waals surface area contributed by atoms with Crippen molar-refractivity contribution < 1.29 is 9.90 Å². The summed E-state index contributed by atoms with van der Waals surface area (Å²) in [6.07, 6.45) is 1.71. The highest BCUT2D eigenvalue weighted by Crippen LogP contribution is 2.23. The minimum atomic E-state index is -1.24. The van der Waals surface area contributed by atoms with E-state index in [4.69, 9.17) is 5.73 Å². The van der Waals surface area contributed by atoms with Crippen LogP contribution in [0.2, 0.25) is 0 Å². The van der Waals surface area contributed by atoms with E-state index in [1.807, 2.05) is 36.1 Å². The van der Waals surface area contributed by atoms with E-state index in [-0.39, 0.29) is 36.1 Å². The van der Waals surface area contributed by atoms with E-state index in [0.29, 0.717) is 30.2 Å². The maximum Gasteiger partial charge on any atom is 0.333 e. The normalized spacial score (nSPS) is 15.6. The van der Waals surface area contributed by atoms with E-state index >= 15 is 0 Å². The number of hydrogen-bond donors (Lipinski definition) is 2. The van der Waals surface area contributed by atoms with E-state index in [0.717, 1.165) is 27.4 Å². The van der Waals surface area contributed by atoms with Crippen molar-refractivity contribution in [3.8, 4) is 11.8 Å². The van der Waals surface area contributed by atoms with Crippen LogP contribution in [-0.2, 0) is 24.4 Å². The molecule has 0 spiro atoms. The zero-order valence-electron chi connectivity index (χ0n) is 21.2. The van der Waals surface area contributed by atoms with Crippen molar-refractivity contribution in [2.45, 2.75) is 52.4 Å². The number of piperidine rings is 1. The topological polar surface area (TPSA) is 154 Å². The Morgan fingerprint density at radius 2 is 1.95 bits per heavy atom. The van der Waals surface area contributed by atoms with Crippen molar-refractivity contribution in [3.05, 3.63) is 56.6 Å². The van der Waals surface area contributed by atoms with Crippen LogP contribution in [0.4, 0.5) is 5.95 Å². The van der Waals surface area contributed by atoms with E-state index in [9.17, 15) is 19.5 Å². The van der Waals surface area contributed by atoms with Gasteiger partial charge in [0.2, 0.25) is 5.95 Å². The number of benzene rings is 1. The molecular formula is C26H28N8O4. The van der Waals surface area contributed by atoms with Crippen molar-refractivity contribution in [1.82, 2.24) is 28.7 Å². The zero-order chi connectivity index (χ0) is 27.0. The van der Waals surface area contributed by atoms with Gasteiger partial charge in [0.25, 0.3) is 5.56 Å². The summed E-state index contributed by atoms with van der Waals surface area (Å²) >= 11 is 0. The Labute approximate surface area is 217 Å². The number of carboxylic acids is 1. The van der Waals surface area contributed by atoms with Gasteiger partial charge in [0.05, 0.1) is 18.6 Å². The predicted octanol–water partition coefficient (Wildman–Crippen LogP) is 0.695. The largest absolute Gasteiger partial charge is 0.480 e. The maximum atomic E-state index is 13.9. The number of carbonyl (C=O) groups is 1. The van der Waals surface area contributed by atoms with Gasteiger partial charge in [-0.15, -0.1) is 5.92 Å². The van der Waals surface area contributed by atoms with Gasteiger partial charge in [-0.1, -0.05) is 24.1 Å². The minimum absolute atomic E-state index is 0.00121. The number of aromatic nitrogens is 6. The number of rotatable bonds is 6. The van der Waals surface area contributed by atoms with E-state index in [2.05, 4.69) is 26.8 Å². The second-order valence-corrected chi connectivity index (χ2v) is 9.34. The van der Waals surface area contributed by atoms with E-state index in [1.54, 1.807) is 11.5 Å². The molecule has 4 aromatic rings. The monoisotopic (exact) mass is 516 g/mol. The van der Waals surface area contributed by atoms with Crippen LogP contribution in [0.25, 0.3) is 22.1 Å². The van der Waals surface area contributed by atoms with Crippen molar-refractivity contribution >= 4 is 34.0 Å². The molecule has 12 heteroatoms. The molecule has 0 unspecified atom stereocenters. The molecule has 38 heavy (non-hydrogen) atoms. The number of hydrogen-bond acceptors (Lipinski definition) is 8. The first-order valence-electron chi connectivity index (χ1n) is 12.4. The lowest BCUT2D eigenvalue weighted by atomic mass is 10.1. The summed E-state index contributed by atoms with van der Waals surface area (Å²) in [5.41, 5.74) is 6.28. The molecule has 3 N–H and O–H groups in total. The Morgan fingerprint density at radius 3 is 2.68 bits per heavy atom. The maximum absolute atomic E-state index is 13.9. The highest BCUT2D eigenvalue weighted by Gasteiger charge is 2.27. The lowest BCUT2D eigenvalue weighted by Gasteiger charge is -2.31. The van der Waals surface area contributed by atoms with Gasteiger partial charge in [-0.25, -0.2) is 14.8 Å². The Hall–Kier alpha value is -4.50. The number of imidazole rings is 1. The lowest BCUT2D eigenvalue weighted by molar-refractivity contribution is -0.137. The molecule has 0 bridgehead atoms. The van der Waals surface area contributed by atoms with Gasteiger partial charge in [0.1, 0.15) is 12.4 Å². The van der Waals surface area contributed by atoms with E-state index in [1.165, 1.54) is 0 Å². The number of nitrogens with two attached hydrogens (primary N) is 1. The Bertz CT molecular complexity index is 1740. The highest BCUT2D eigenvalue weighted by atomic mass is 16.4. The summed E-state index contributed by atoms with van der Waals surface area (Å²) < 4.78 is 3.63. The van der Waals surface area contributed by atoms with Gasteiger partial charge < -0.3 is 15.7 Å². The second-order valence-electron chi connectivity index (χ2n) is 9.34. The third-order valence-corrected chi connectivity index (χ3v) is 6.68. The van der Waals surface area contributed by atoms with Gasteiger partial charge in [-0.05, 0) is 32.8 Å². The minimum Gasteiger partial charge on any atom is -0.480 e. The van der Waals surface area contributed by atoms with Crippen LogP contribution in [-0.4, -0.2) is 58.9 Å². The molecule has 1 aromatic carbocycles. The number of anilines is 1. The van der Waals surface area contributed by atoms with Crippen LogP contribution in [0, 0.1) is 18.8 Å². The van der Waals surface area contributed by atoms with Crippen LogP contribution >= 0.6 is 0 Å². The summed E-state index contributed by atoms with van der Waals surface area (Å²) in [6.45, 7) is 3.95. The first-order valence-corrected chi connectivity index (χ1v) is 12.4. The quantitative estimate of drug-likeness (QED) is 0.352. The molecule has 12 nitrogen and oxygen atoms in total. The summed E-state index contributed by atoms with van der Waals surface area (Å²) in [5.74, 6) is 5.27. The molecule has 0 saturated carbocycles. The Morgan fingerprint density at radius 1 is 1.16 bits per heavy atom. The first-order chi connectivity index (χ1) is 18.3. The average Bonchev–Trinajstić information content (AvgIpc) is 3.27. The third kappa shape index (κ3) is 4.52. The molecule has 0 radical (unpaired) electrons. The standard InChI is InChI=1S/C26H28N8O4/c1-3-4-12-32-22-23(30-25(32)31-11-7-8-17(27)13-31)33(15-21(35)36)26(38)34(24(22)37)14-20-28-16(2)18-9-5-6-10-19(18)29-20/h5-6,9-10,17H,7-8,11-15,27H2,1-2H3,(H,35,36)/t17-/m1/s1. The fourth-order valence-electron chi connectivity index (χ4n) is 4.94. The molecule has 0 aliphatic carbocycles. The molecule has 1 aliphatic rings. The van der Waals surface area contributed by atoms with Crippen molar-refractivity contribution in [1.29, 1.82) is 0 Å². The van der Waals surface area contributed by atoms with Crippen LogP contribution in [0.3, 0.4) is 0 Å². The number of nitrogens with zero attached hydrogens (tertiary/aromatic N) is 7. The molecule has 1 fully saturated rings. The molecule has 0 amide bonds. The molecule has 5 rings (SSSR count). The van der Waals surface area contributed by atoms with Gasteiger partial charge in [-0.3, -0.25) is 23.3 Å². The van der Waals surface area contributed by atoms with Gasteiger partial charge in [-0.2, -0.15) is 4.98 Å². The van der Waals surface area contributed by atoms with E-state index < -0.39 is 23.8 Å². The fourth-order valence-corrected chi connectivity index (χ4v) is 4.94. The van der Waals surface area contributed by atoms with Gasteiger partial charge in [0, 0.05) is 30.2 Å². The number of aryl methyl sites for hydroxylation is 1. The van der Waals surface area contributed by atoms with Gasteiger partial charge >= 0.3 is 11.7 Å². The van der Waals surface area contributed by atoms with Crippen LogP contribution in [0.5, 0.6) is 0 Å². The number of fused-ring (bicyclic) bond motifs is 2. The fraction of sp³-hybridized carbons (Fsp3) is 0.385. The van der Waals surface area contributed by atoms with Crippen molar-refractivity contribution in [3.63, 3.8) is 0 Å². The Balaban J connectivity index is 1.75. The highest BCUT2D eigenvalue weighted by molar-refractivity contribution is 5.80. The van der Waals surface area contributed by atoms with Crippen LogP contribution < -0.4 is 21.9 Å². The van der Waals surface area contributed by atoms with Crippen LogP contribution in [0.15, 0.2) is 33.9 Å². The molecule has 3 aromatic heterocycles. The van der Waals surface area contributed by atoms with Crippen molar-refractivity contribution in [2.75, 3.05) is 18.0 Å². The van der Waals surface area contributed by atoms with Gasteiger partial charge in [0.15, 0.2) is 11.2 Å². The average molecular weight is 517 g/mol. The first kappa shape index (κ1) is 25.2. The molecule has 4 heterocycles. The summed E-state index contributed by atoms with van der Waals surface area (Å²) in [5, 5.41) is 10.5. The SMILES string of the molecule is CC#CCn1c(N2CCC[C@@H](N)C2)nc2c1c(=O)n(Cc1nc(C)c3ccccc3n1)c(=O)n2CC(=O)O. The number of para-hydroxylation sites is 1. The van der Waals surface area contributed by atoms with Crippen molar-refractivity contribution in [2.24, 2.45) is 5.73 Å². The third-order valence-electron chi connectivity index (χ3n) is 6.68. The molecule has 1 saturated heterocycles. The zero-order valence-corrected chi connectivity index (χ0v) is 21.2. The lowest BCUT2D eigenvalue weighted by Crippen LogP contribution is -2.44. The predicted molar refractivity (Wildman–Crippen MR) is 142 cm³/mol. The summed E-state index contributed by atoms with van der Waals surface area (Å²) in [7, 11) is 0. The number of aliphatic carboxylic acids is 1. The number of carboxylic acid groups (broad SMARTS) is 1. The van der Waals surface area contributed by atoms with Crippen LogP contribution in [0.1, 0.15) is 31.3 Å². The summed E-state index contributed by atoms with van der Waals surface area (Å²) in [6, 6.07) is 7.39. The second kappa shape index (κ2) is 10.1. The summed E-state index contributed by atoms with van der Waals surface area (Å²) in [4.78, 5) is 54.8.